The van der Waals surface area contributed by atoms with Crippen molar-refractivity contribution in [3.63, 3.8) is 0 Å². The highest BCUT2D eigenvalue weighted by Crippen LogP contribution is 2.36. The van der Waals surface area contributed by atoms with Gasteiger partial charge in [-0.25, -0.2) is 13.4 Å². The average Bonchev–Trinajstić information content (AvgIpc) is 3.24. The second-order valence-corrected chi connectivity index (χ2v) is 10.7. The molecule has 0 aliphatic rings. The summed E-state index contributed by atoms with van der Waals surface area (Å²) < 4.78 is 39.9. The Morgan fingerprint density at radius 3 is 2.36 bits per heavy atom. The van der Waals surface area contributed by atoms with Gasteiger partial charge in [0.2, 0.25) is 0 Å². The number of ether oxygens (including phenoxy) is 2. The number of nitrogens with zero attached hydrogens (tertiary/aromatic N) is 1. The van der Waals surface area contributed by atoms with Crippen LogP contribution in [0.4, 0.5) is 0 Å². The minimum absolute atomic E-state index is 0.0341. The van der Waals surface area contributed by atoms with E-state index in [2.05, 4.69) is 11.9 Å². The quantitative estimate of drug-likeness (QED) is 0.212. The zero-order valence-corrected chi connectivity index (χ0v) is 21.3. The molecule has 0 saturated heterocycles. The van der Waals surface area contributed by atoms with Crippen molar-refractivity contribution in [2.75, 3.05) is 18.7 Å². The Kier molecular flexibility index (Phi) is 8.93. The number of aromatic nitrogens is 1. The van der Waals surface area contributed by atoms with Gasteiger partial charge in [0.15, 0.2) is 32.8 Å². The molecule has 0 spiro atoms. The maximum absolute atomic E-state index is 11.7. The van der Waals surface area contributed by atoms with Crippen LogP contribution in [-0.2, 0) is 22.9 Å². The molecule has 178 valence electrons. The van der Waals surface area contributed by atoms with Crippen LogP contribution in [0.25, 0.3) is 0 Å². The van der Waals surface area contributed by atoms with Gasteiger partial charge in [-0.2, -0.15) is 0 Å². The van der Waals surface area contributed by atoms with Crippen molar-refractivity contribution in [3.05, 3.63) is 69.7 Å². The van der Waals surface area contributed by atoms with Crippen LogP contribution >= 0.6 is 34.8 Å². The molecule has 0 fully saturated rings. The molecule has 0 N–H and O–H groups in total. The summed E-state index contributed by atoms with van der Waals surface area (Å²) in [4.78, 5) is 3.75. The van der Waals surface area contributed by atoms with Crippen molar-refractivity contribution in [3.8, 4) is 11.5 Å². The van der Waals surface area contributed by atoms with Crippen LogP contribution in [-0.4, -0.2) is 32.1 Å². The number of halogens is 3. The number of alkyl halides is 1. The van der Waals surface area contributed by atoms with E-state index < -0.39 is 9.84 Å². The summed E-state index contributed by atoms with van der Waals surface area (Å²) in [5, 5.41) is 0.841. The molecular weight excluding hydrogens is 509 g/mol. The Balaban J connectivity index is 1.61. The summed E-state index contributed by atoms with van der Waals surface area (Å²) in [6.07, 6.45) is 3.62. The van der Waals surface area contributed by atoms with Crippen molar-refractivity contribution in [1.82, 2.24) is 4.98 Å². The maximum Gasteiger partial charge on any atom is 0.200 e. The Labute approximate surface area is 208 Å². The summed E-state index contributed by atoms with van der Waals surface area (Å²) in [5.74, 6) is 1.94. The average molecular weight is 533 g/mol. The van der Waals surface area contributed by atoms with E-state index in [0.717, 1.165) is 30.2 Å². The zero-order valence-electron chi connectivity index (χ0n) is 18.2. The second-order valence-electron chi connectivity index (χ2n) is 7.60. The molecule has 10 heteroatoms. The van der Waals surface area contributed by atoms with Crippen molar-refractivity contribution < 1.29 is 22.3 Å². The van der Waals surface area contributed by atoms with Gasteiger partial charge in [0.1, 0.15) is 12.4 Å². The van der Waals surface area contributed by atoms with E-state index in [1.807, 2.05) is 36.4 Å². The van der Waals surface area contributed by atoms with E-state index in [-0.39, 0.29) is 23.3 Å². The van der Waals surface area contributed by atoms with Crippen LogP contribution in [0.15, 0.2) is 52.2 Å². The third-order valence-corrected chi connectivity index (χ3v) is 6.76. The number of hydrogen-bond donors (Lipinski definition) is 0. The fourth-order valence-corrected chi connectivity index (χ4v) is 4.77. The first kappa shape index (κ1) is 25.7. The van der Waals surface area contributed by atoms with E-state index in [0.29, 0.717) is 40.5 Å². The van der Waals surface area contributed by atoms with E-state index in [1.165, 1.54) is 0 Å². The molecule has 33 heavy (non-hydrogen) atoms. The van der Waals surface area contributed by atoms with E-state index in [4.69, 9.17) is 48.7 Å². The van der Waals surface area contributed by atoms with Crippen LogP contribution in [0.3, 0.4) is 0 Å². The molecule has 1 heterocycles. The summed E-state index contributed by atoms with van der Waals surface area (Å²) >= 11 is 18.4. The first-order chi connectivity index (χ1) is 15.7. The van der Waals surface area contributed by atoms with Crippen molar-refractivity contribution in [1.29, 1.82) is 0 Å². The summed E-state index contributed by atoms with van der Waals surface area (Å²) in [6, 6.07) is 11.3. The maximum atomic E-state index is 11.7. The lowest BCUT2D eigenvalue weighted by atomic mass is 9.93. The molecule has 3 aromatic rings. The van der Waals surface area contributed by atoms with Crippen LogP contribution in [0.5, 0.6) is 11.5 Å². The van der Waals surface area contributed by atoms with Crippen molar-refractivity contribution >= 4 is 44.6 Å². The predicted molar refractivity (Wildman–Crippen MR) is 130 cm³/mol. The van der Waals surface area contributed by atoms with Gasteiger partial charge in [-0.3, -0.25) is 0 Å². The highest BCUT2D eigenvalue weighted by molar-refractivity contribution is 7.90. The zero-order chi connectivity index (χ0) is 24.0. The minimum Gasteiger partial charge on any atom is -0.490 e. The lowest BCUT2D eigenvalue weighted by molar-refractivity contribution is 0.265. The van der Waals surface area contributed by atoms with Crippen molar-refractivity contribution in [2.45, 2.75) is 37.3 Å². The number of benzene rings is 2. The highest BCUT2D eigenvalue weighted by atomic mass is 35.5. The number of rotatable bonds is 11. The molecule has 2 aromatic carbocycles. The van der Waals surface area contributed by atoms with E-state index in [9.17, 15) is 8.42 Å². The van der Waals surface area contributed by atoms with Crippen LogP contribution in [0.2, 0.25) is 10.0 Å². The molecule has 0 saturated carbocycles. The second kappa shape index (κ2) is 11.5. The van der Waals surface area contributed by atoms with Gasteiger partial charge in [0.05, 0.1) is 16.7 Å². The smallest absolute Gasteiger partial charge is 0.200 e. The van der Waals surface area contributed by atoms with Gasteiger partial charge in [0.25, 0.3) is 0 Å². The predicted octanol–water partition coefficient (Wildman–Crippen LogP) is 6.32. The molecule has 0 aliphatic carbocycles. The molecule has 6 nitrogen and oxygen atoms in total. The number of sulfone groups is 1. The fourth-order valence-electron chi connectivity index (χ4n) is 3.27. The molecule has 3 rings (SSSR count). The fraction of sp³-hybridized carbons (Fsp3) is 0.348. The molecule has 0 aliphatic heterocycles. The lowest BCUT2D eigenvalue weighted by Gasteiger charge is -2.15. The van der Waals surface area contributed by atoms with Gasteiger partial charge in [-0.1, -0.05) is 42.3 Å². The molecule has 1 aromatic heterocycles. The standard InChI is InChI=1S/C23H24Cl3NO5S/c1-15(10-16-11-19(25)22(20(26)12-16)30-9-3-8-24)17-4-6-18(7-5-17)31-13-21-23(27-14-32-21)33(2,28)29/h4-7,11-12,14-15H,3,8-10,13H2,1-2H3. The van der Waals surface area contributed by atoms with Crippen LogP contribution < -0.4 is 9.47 Å². The summed E-state index contributed by atoms with van der Waals surface area (Å²) in [6.45, 7) is 2.53. The number of hydrogen-bond acceptors (Lipinski definition) is 6. The number of oxazole rings is 1. The molecule has 0 radical (unpaired) electrons. The van der Waals surface area contributed by atoms with Crippen LogP contribution in [0.1, 0.15) is 36.1 Å². The SMILES string of the molecule is CC(Cc1cc(Cl)c(OCCCCl)c(Cl)c1)c1ccc(OCc2ocnc2S(C)(=O)=O)cc1. The van der Waals surface area contributed by atoms with E-state index in [1.54, 1.807) is 0 Å². The van der Waals surface area contributed by atoms with Gasteiger partial charge in [-0.15, -0.1) is 11.6 Å². The summed E-state index contributed by atoms with van der Waals surface area (Å²) in [7, 11) is -3.47. The molecule has 0 bridgehead atoms. The first-order valence-electron chi connectivity index (χ1n) is 10.2. The van der Waals surface area contributed by atoms with E-state index >= 15 is 0 Å². The molecule has 1 atom stereocenters. The highest BCUT2D eigenvalue weighted by Gasteiger charge is 2.19. The molecule has 1 unspecified atom stereocenters. The third-order valence-electron chi connectivity index (χ3n) is 4.90. The lowest BCUT2D eigenvalue weighted by Crippen LogP contribution is -2.04. The Morgan fingerprint density at radius 1 is 1.09 bits per heavy atom. The Morgan fingerprint density at radius 2 is 1.76 bits per heavy atom. The minimum atomic E-state index is -3.47. The topological polar surface area (TPSA) is 78.6 Å². The van der Waals surface area contributed by atoms with Gasteiger partial charge in [0, 0.05) is 12.1 Å². The largest absolute Gasteiger partial charge is 0.490 e. The normalized spacial score (nSPS) is 12.5. The monoisotopic (exact) mass is 531 g/mol. The van der Waals surface area contributed by atoms with Gasteiger partial charge in [-0.05, 0) is 54.2 Å². The molecule has 0 amide bonds. The third kappa shape index (κ3) is 7.03. The molecular formula is C23H24Cl3NO5S. The van der Waals surface area contributed by atoms with Gasteiger partial charge >= 0.3 is 0 Å². The first-order valence-corrected chi connectivity index (χ1v) is 13.4. The Bertz CT molecular complexity index is 1160. The van der Waals surface area contributed by atoms with Crippen molar-refractivity contribution in [2.24, 2.45) is 0 Å². The van der Waals surface area contributed by atoms with Gasteiger partial charge < -0.3 is 13.9 Å². The Hall–Kier alpha value is -1.93. The summed E-state index contributed by atoms with van der Waals surface area (Å²) in [5.41, 5.74) is 2.11. The van der Waals surface area contributed by atoms with Crippen LogP contribution in [0, 0.1) is 0 Å².